The van der Waals surface area contributed by atoms with Gasteiger partial charge in [0.25, 0.3) is 0 Å². The number of piperidine rings is 1. The number of hydrogen-bond acceptors (Lipinski definition) is 6. The number of amides is 1. The molecule has 29 heavy (non-hydrogen) atoms. The molecule has 1 fully saturated rings. The zero-order valence-electron chi connectivity index (χ0n) is 16.6. The molecule has 1 saturated heterocycles. The summed E-state index contributed by atoms with van der Waals surface area (Å²) in [7, 11) is 0. The van der Waals surface area contributed by atoms with Gasteiger partial charge in [-0.2, -0.15) is 16.3 Å². The van der Waals surface area contributed by atoms with Crippen molar-refractivity contribution < 1.29 is 4.79 Å². The summed E-state index contributed by atoms with van der Waals surface area (Å²) < 4.78 is 1.68. The zero-order chi connectivity index (χ0) is 20.1. The maximum Gasteiger partial charge on any atom is 0.223 e. The number of nitrogens with one attached hydrogen (secondary N) is 1. The van der Waals surface area contributed by atoms with Crippen LogP contribution >= 0.6 is 11.8 Å². The Morgan fingerprint density at radius 3 is 2.76 bits per heavy atom. The molecule has 0 bridgehead atoms. The molecule has 0 saturated carbocycles. The Morgan fingerprint density at radius 1 is 1.17 bits per heavy atom. The average molecular weight is 411 g/mol. The van der Waals surface area contributed by atoms with Crippen LogP contribution in [0.25, 0.3) is 5.65 Å². The van der Waals surface area contributed by atoms with Gasteiger partial charge in [0.05, 0.1) is 0 Å². The standard InChI is InChI=1S/C21H26N6OS/c1-16-2-4-17(5-3-16)14-29-13-10-22-21(28)18-8-11-26(12-9-18)20-7-6-19-24-23-15-27(19)25-20/h2-7,15,18H,8-14H2,1H3,(H,22,28). The van der Waals surface area contributed by atoms with E-state index in [0.29, 0.717) is 0 Å². The highest BCUT2D eigenvalue weighted by Crippen LogP contribution is 2.22. The largest absolute Gasteiger partial charge is 0.355 e. The molecule has 1 amide bonds. The van der Waals surface area contributed by atoms with Gasteiger partial charge in [0.15, 0.2) is 5.65 Å². The van der Waals surface area contributed by atoms with E-state index in [1.807, 2.05) is 23.9 Å². The number of rotatable bonds is 7. The molecule has 0 spiro atoms. The fourth-order valence-corrected chi connectivity index (χ4v) is 4.34. The number of aryl methyl sites for hydroxylation is 1. The molecule has 1 aromatic carbocycles. The summed E-state index contributed by atoms with van der Waals surface area (Å²) in [5.74, 6) is 3.10. The van der Waals surface area contributed by atoms with Crippen LogP contribution in [0.1, 0.15) is 24.0 Å². The van der Waals surface area contributed by atoms with E-state index in [1.54, 1.807) is 10.8 Å². The van der Waals surface area contributed by atoms with E-state index in [4.69, 9.17) is 0 Å². The minimum atomic E-state index is 0.0898. The van der Waals surface area contributed by atoms with E-state index < -0.39 is 0 Å². The first-order chi connectivity index (χ1) is 14.2. The maximum absolute atomic E-state index is 12.5. The predicted octanol–water partition coefficient (Wildman–Crippen LogP) is 2.70. The fourth-order valence-electron chi connectivity index (χ4n) is 3.52. The van der Waals surface area contributed by atoms with Crippen molar-refractivity contribution in [1.82, 2.24) is 25.1 Å². The van der Waals surface area contributed by atoms with Crippen molar-refractivity contribution in [3.63, 3.8) is 0 Å². The van der Waals surface area contributed by atoms with E-state index in [2.05, 4.69) is 56.7 Å². The lowest BCUT2D eigenvalue weighted by atomic mass is 9.96. The Bertz CT molecular complexity index is 949. The Balaban J connectivity index is 1.16. The van der Waals surface area contributed by atoms with Crippen molar-refractivity contribution in [2.24, 2.45) is 5.92 Å². The fraction of sp³-hybridized carbons (Fsp3) is 0.429. The summed E-state index contributed by atoms with van der Waals surface area (Å²) in [6, 6.07) is 12.5. The molecule has 152 valence electrons. The van der Waals surface area contributed by atoms with E-state index >= 15 is 0 Å². The van der Waals surface area contributed by atoms with Crippen LogP contribution in [-0.4, -0.2) is 51.1 Å². The number of carbonyl (C=O) groups is 1. The molecule has 1 aliphatic rings. The molecule has 0 atom stereocenters. The lowest BCUT2D eigenvalue weighted by molar-refractivity contribution is -0.125. The molecular formula is C21H26N6OS. The predicted molar refractivity (Wildman–Crippen MR) is 116 cm³/mol. The van der Waals surface area contributed by atoms with Crippen LogP contribution in [0.3, 0.4) is 0 Å². The van der Waals surface area contributed by atoms with Crippen LogP contribution in [0.4, 0.5) is 5.82 Å². The monoisotopic (exact) mass is 410 g/mol. The first kappa shape index (κ1) is 19.7. The van der Waals surface area contributed by atoms with Crippen molar-refractivity contribution in [3.05, 3.63) is 53.9 Å². The summed E-state index contributed by atoms with van der Waals surface area (Å²) in [6.45, 7) is 4.49. The zero-order valence-corrected chi connectivity index (χ0v) is 17.4. The highest BCUT2D eigenvalue weighted by molar-refractivity contribution is 7.98. The van der Waals surface area contributed by atoms with E-state index in [0.717, 1.165) is 55.4 Å². The second-order valence-corrected chi connectivity index (χ2v) is 8.52. The minimum Gasteiger partial charge on any atom is -0.355 e. The summed E-state index contributed by atoms with van der Waals surface area (Å²) in [4.78, 5) is 14.7. The Morgan fingerprint density at radius 2 is 1.97 bits per heavy atom. The smallest absolute Gasteiger partial charge is 0.223 e. The first-order valence-corrected chi connectivity index (χ1v) is 11.2. The summed E-state index contributed by atoms with van der Waals surface area (Å²) in [5, 5.41) is 15.5. The summed E-state index contributed by atoms with van der Waals surface area (Å²) in [5.41, 5.74) is 3.35. The van der Waals surface area contributed by atoms with Gasteiger partial charge in [-0.05, 0) is 37.5 Å². The van der Waals surface area contributed by atoms with Gasteiger partial charge in [0, 0.05) is 37.1 Å². The third-order valence-corrected chi connectivity index (χ3v) is 6.30. The van der Waals surface area contributed by atoms with Crippen molar-refractivity contribution >= 4 is 29.1 Å². The van der Waals surface area contributed by atoms with Gasteiger partial charge in [-0.3, -0.25) is 4.79 Å². The molecule has 2 aromatic heterocycles. The molecule has 0 unspecified atom stereocenters. The van der Waals surface area contributed by atoms with E-state index in [-0.39, 0.29) is 11.8 Å². The Kier molecular flexibility index (Phi) is 6.29. The number of hydrogen-bond donors (Lipinski definition) is 1. The van der Waals surface area contributed by atoms with Gasteiger partial charge in [-0.1, -0.05) is 29.8 Å². The van der Waals surface area contributed by atoms with E-state index in [9.17, 15) is 4.79 Å². The number of anilines is 1. The topological polar surface area (TPSA) is 75.4 Å². The number of nitrogens with zero attached hydrogens (tertiary/aromatic N) is 5. The van der Waals surface area contributed by atoms with Gasteiger partial charge < -0.3 is 10.2 Å². The van der Waals surface area contributed by atoms with Crippen LogP contribution in [0, 0.1) is 12.8 Å². The van der Waals surface area contributed by atoms with Crippen LogP contribution in [0.15, 0.2) is 42.7 Å². The number of aromatic nitrogens is 4. The highest BCUT2D eigenvalue weighted by Gasteiger charge is 2.25. The molecule has 3 aromatic rings. The molecule has 7 nitrogen and oxygen atoms in total. The lowest BCUT2D eigenvalue weighted by Crippen LogP contribution is -2.41. The number of thioether (sulfide) groups is 1. The third kappa shape index (κ3) is 5.06. The molecular weight excluding hydrogens is 384 g/mol. The molecule has 4 rings (SSSR count). The molecule has 1 N–H and O–H groups in total. The van der Waals surface area contributed by atoms with Crippen molar-refractivity contribution in [1.29, 1.82) is 0 Å². The van der Waals surface area contributed by atoms with E-state index in [1.165, 1.54) is 11.1 Å². The summed E-state index contributed by atoms with van der Waals surface area (Å²) in [6.07, 6.45) is 3.31. The molecule has 0 aliphatic carbocycles. The molecule has 8 heteroatoms. The number of carbonyl (C=O) groups excluding carboxylic acids is 1. The lowest BCUT2D eigenvalue weighted by Gasteiger charge is -2.32. The van der Waals surface area contributed by atoms with Gasteiger partial charge in [0.2, 0.25) is 5.91 Å². The summed E-state index contributed by atoms with van der Waals surface area (Å²) >= 11 is 1.86. The minimum absolute atomic E-state index is 0.0898. The molecule has 0 radical (unpaired) electrons. The number of benzene rings is 1. The van der Waals surface area contributed by atoms with Gasteiger partial charge in [-0.25, -0.2) is 0 Å². The van der Waals surface area contributed by atoms with Crippen molar-refractivity contribution in [2.45, 2.75) is 25.5 Å². The Hall–Kier alpha value is -2.61. The van der Waals surface area contributed by atoms with Crippen LogP contribution in [0.2, 0.25) is 0 Å². The van der Waals surface area contributed by atoms with Gasteiger partial charge >= 0.3 is 0 Å². The van der Waals surface area contributed by atoms with Crippen LogP contribution < -0.4 is 10.2 Å². The normalized spacial score (nSPS) is 15.0. The molecule has 3 heterocycles. The maximum atomic E-state index is 12.5. The van der Waals surface area contributed by atoms with Gasteiger partial charge in [-0.15, -0.1) is 15.3 Å². The van der Waals surface area contributed by atoms with Crippen LogP contribution in [-0.2, 0) is 10.5 Å². The third-order valence-electron chi connectivity index (χ3n) is 5.27. The Labute approximate surface area is 174 Å². The van der Waals surface area contributed by atoms with Crippen molar-refractivity contribution in [3.8, 4) is 0 Å². The first-order valence-electron chi connectivity index (χ1n) is 10.0. The SMILES string of the molecule is Cc1ccc(CSCCNC(=O)C2CCN(c3ccc4nncn4n3)CC2)cc1. The quantitative estimate of drug-likeness (QED) is 0.604. The second-order valence-electron chi connectivity index (χ2n) is 7.42. The van der Waals surface area contributed by atoms with Gasteiger partial charge in [0.1, 0.15) is 12.1 Å². The van der Waals surface area contributed by atoms with Crippen molar-refractivity contribution in [2.75, 3.05) is 30.3 Å². The second kappa shape index (κ2) is 9.26. The number of fused-ring (bicyclic) bond motifs is 1. The average Bonchev–Trinajstić information content (AvgIpc) is 3.23. The van der Waals surface area contributed by atoms with Crippen LogP contribution in [0.5, 0.6) is 0 Å². The molecule has 1 aliphatic heterocycles. The highest BCUT2D eigenvalue weighted by atomic mass is 32.2.